The maximum absolute atomic E-state index is 12.1. The predicted molar refractivity (Wildman–Crippen MR) is 75.8 cm³/mol. The van der Waals surface area contributed by atoms with E-state index in [0.717, 1.165) is 28.8 Å². The van der Waals surface area contributed by atoms with Crippen LogP contribution >= 0.6 is 11.3 Å². The van der Waals surface area contributed by atoms with Crippen LogP contribution in [0.15, 0.2) is 6.20 Å². The molecule has 0 unspecified atom stereocenters. The van der Waals surface area contributed by atoms with E-state index < -0.39 is 0 Å². The number of anilines is 1. The van der Waals surface area contributed by atoms with Crippen LogP contribution in [0.2, 0.25) is 0 Å². The van der Waals surface area contributed by atoms with Gasteiger partial charge in [-0.2, -0.15) is 0 Å². The summed E-state index contributed by atoms with van der Waals surface area (Å²) in [7, 11) is 0. The van der Waals surface area contributed by atoms with Gasteiger partial charge in [0.05, 0.1) is 11.2 Å². The first-order valence-corrected chi connectivity index (χ1v) is 7.74. The molecular formula is C14H22N2OS. The van der Waals surface area contributed by atoms with Gasteiger partial charge >= 0.3 is 0 Å². The molecule has 1 N–H and O–H groups in total. The van der Waals surface area contributed by atoms with Crippen molar-refractivity contribution in [1.82, 2.24) is 4.98 Å². The van der Waals surface area contributed by atoms with Gasteiger partial charge in [-0.3, -0.25) is 4.79 Å². The van der Waals surface area contributed by atoms with Crippen LogP contribution in [0.5, 0.6) is 0 Å². The summed E-state index contributed by atoms with van der Waals surface area (Å²) in [5.74, 6) is 1.25. The molecule has 0 radical (unpaired) electrons. The van der Waals surface area contributed by atoms with Crippen LogP contribution in [-0.4, -0.2) is 10.9 Å². The number of hydrogen-bond acceptors (Lipinski definition) is 3. The van der Waals surface area contributed by atoms with E-state index in [2.05, 4.69) is 17.2 Å². The second-order valence-electron chi connectivity index (χ2n) is 5.24. The normalized spacial score (nSPS) is 23.9. The Morgan fingerprint density at radius 1 is 1.44 bits per heavy atom. The van der Waals surface area contributed by atoms with Gasteiger partial charge in [0.15, 0.2) is 0 Å². The molecule has 0 saturated heterocycles. The molecule has 100 valence electrons. The quantitative estimate of drug-likeness (QED) is 0.895. The van der Waals surface area contributed by atoms with E-state index in [4.69, 9.17) is 0 Å². The van der Waals surface area contributed by atoms with Gasteiger partial charge < -0.3 is 5.32 Å². The summed E-state index contributed by atoms with van der Waals surface area (Å²) < 4.78 is 0. The highest BCUT2D eigenvalue weighted by Crippen LogP contribution is 2.32. The number of amides is 1. The van der Waals surface area contributed by atoms with E-state index >= 15 is 0 Å². The lowest BCUT2D eigenvalue weighted by atomic mass is 9.80. The van der Waals surface area contributed by atoms with Gasteiger partial charge in [-0.25, -0.2) is 4.98 Å². The molecule has 3 nitrogen and oxygen atoms in total. The molecule has 0 atom stereocenters. The molecule has 1 aromatic rings. The molecule has 1 aromatic heterocycles. The topological polar surface area (TPSA) is 42.0 Å². The highest BCUT2D eigenvalue weighted by molar-refractivity contribution is 7.15. The molecule has 0 aliphatic heterocycles. The number of thiazole rings is 1. The van der Waals surface area contributed by atoms with Crippen molar-refractivity contribution in [3.05, 3.63) is 11.2 Å². The van der Waals surface area contributed by atoms with Gasteiger partial charge in [-0.05, 0) is 38.5 Å². The van der Waals surface area contributed by atoms with Crippen molar-refractivity contribution in [3.8, 4) is 0 Å². The van der Waals surface area contributed by atoms with Crippen LogP contribution in [0.4, 0.5) is 5.00 Å². The summed E-state index contributed by atoms with van der Waals surface area (Å²) in [6, 6.07) is 0. The Labute approximate surface area is 113 Å². The van der Waals surface area contributed by atoms with Gasteiger partial charge in [0.25, 0.3) is 0 Å². The number of aryl methyl sites for hydroxylation is 1. The van der Waals surface area contributed by atoms with E-state index in [1.54, 1.807) is 17.5 Å². The van der Waals surface area contributed by atoms with Crippen molar-refractivity contribution in [2.24, 2.45) is 11.8 Å². The molecule has 0 aromatic carbocycles. The number of hydrogen-bond donors (Lipinski definition) is 1. The maximum atomic E-state index is 12.1. The average Bonchev–Trinajstić information content (AvgIpc) is 2.76. The molecule has 1 amide bonds. The molecule has 1 aliphatic carbocycles. The van der Waals surface area contributed by atoms with E-state index in [-0.39, 0.29) is 11.8 Å². The van der Waals surface area contributed by atoms with Crippen molar-refractivity contribution < 1.29 is 4.79 Å². The standard InChI is InChI=1S/C14H22N2OS/c1-3-4-11-5-7-12(8-6-11)14(17)16-13-9-15-10(2)18-13/h9,11-12H,3-8H2,1-2H3,(H,16,17). The van der Waals surface area contributed by atoms with Crippen molar-refractivity contribution in [2.75, 3.05) is 5.32 Å². The van der Waals surface area contributed by atoms with Gasteiger partial charge in [0, 0.05) is 5.92 Å². The summed E-state index contributed by atoms with van der Waals surface area (Å²) in [6.07, 6.45) is 8.87. The molecule has 18 heavy (non-hydrogen) atoms. The molecular weight excluding hydrogens is 244 g/mol. The minimum absolute atomic E-state index is 0.189. The molecule has 1 heterocycles. The Morgan fingerprint density at radius 3 is 2.72 bits per heavy atom. The summed E-state index contributed by atoms with van der Waals surface area (Å²) in [5.41, 5.74) is 0. The lowest BCUT2D eigenvalue weighted by molar-refractivity contribution is -0.121. The monoisotopic (exact) mass is 266 g/mol. The van der Waals surface area contributed by atoms with Crippen LogP contribution in [0.1, 0.15) is 50.5 Å². The first-order chi connectivity index (χ1) is 8.69. The Kier molecular flexibility index (Phi) is 4.75. The minimum atomic E-state index is 0.189. The summed E-state index contributed by atoms with van der Waals surface area (Å²) in [4.78, 5) is 16.3. The third-order valence-electron chi connectivity index (χ3n) is 3.78. The first-order valence-electron chi connectivity index (χ1n) is 6.92. The lowest BCUT2D eigenvalue weighted by Crippen LogP contribution is -2.26. The SMILES string of the molecule is CCCC1CCC(C(=O)Nc2cnc(C)s2)CC1. The lowest BCUT2D eigenvalue weighted by Gasteiger charge is -2.27. The van der Waals surface area contributed by atoms with Crippen molar-refractivity contribution >= 4 is 22.2 Å². The third-order valence-corrected chi connectivity index (χ3v) is 4.61. The van der Waals surface area contributed by atoms with E-state index in [1.807, 2.05) is 6.92 Å². The Hall–Kier alpha value is -0.900. The zero-order valence-electron chi connectivity index (χ0n) is 11.2. The Morgan fingerprint density at radius 2 is 2.17 bits per heavy atom. The number of nitrogens with zero attached hydrogens (tertiary/aromatic N) is 1. The summed E-state index contributed by atoms with van der Waals surface area (Å²) >= 11 is 1.55. The summed E-state index contributed by atoms with van der Waals surface area (Å²) in [6.45, 7) is 4.20. The Bertz CT molecular complexity index is 394. The smallest absolute Gasteiger partial charge is 0.228 e. The van der Waals surface area contributed by atoms with Gasteiger partial charge in [-0.15, -0.1) is 11.3 Å². The molecule has 1 aliphatic rings. The van der Waals surface area contributed by atoms with Gasteiger partial charge in [0.1, 0.15) is 5.00 Å². The van der Waals surface area contributed by atoms with E-state index in [9.17, 15) is 4.79 Å². The number of nitrogens with one attached hydrogen (secondary N) is 1. The third kappa shape index (κ3) is 3.55. The fourth-order valence-corrected chi connectivity index (χ4v) is 3.44. The van der Waals surface area contributed by atoms with Crippen molar-refractivity contribution in [2.45, 2.75) is 52.4 Å². The molecule has 1 fully saturated rings. The molecule has 4 heteroatoms. The number of aromatic nitrogens is 1. The molecule has 2 rings (SSSR count). The van der Waals surface area contributed by atoms with Crippen molar-refractivity contribution in [1.29, 1.82) is 0 Å². The van der Waals surface area contributed by atoms with Crippen LogP contribution in [0.3, 0.4) is 0 Å². The van der Waals surface area contributed by atoms with Crippen LogP contribution in [0.25, 0.3) is 0 Å². The number of carbonyl (C=O) groups is 1. The molecule has 1 saturated carbocycles. The zero-order valence-corrected chi connectivity index (χ0v) is 12.1. The fourth-order valence-electron chi connectivity index (χ4n) is 2.76. The Balaban J connectivity index is 1.80. The van der Waals surface area contributed by atoms with Crippen LogP contribution in [0, 0.1) is 18.8 Å². The van der Waals surface area contributed by atoms with Crippen LogP contribution in [-0.2, 0) is 4.79 Å². The fraction of sp³-hybridized carbons (Fsp3) is 0.714. The second kappa shape index (κ2) is 6.32. The maximum Gasteiger partial charge on any atom is 0.228 e. The van der Waals surface area contributed by atoms with Gasteiger partial charge in [-0.1, -0.05) is 19.8 Å². The van der Waals surface area contributed by atoms with Gasteiger partial charge in [0.2, 0.25) is 5.91 Å². The number of carbonyl (C=O) groups excluding carboxylic acids is 1. The first kappa shape index (κ1) is 13.5. The summed E-state index contributed by atoms with van der Waals surface area (Å²) in [5, 5.41) is 4.88. The molecule has 0 spiro atoms. The number of rotatable bonds is 4. The van der Waals surface area contributed by atoms with Crippen molar-refractivity contribution in [3.63, 3.8) is 0 Å². The average molecular weight is 266 g/mol. The highest BCUT2D eigenvalue weighted by Gasteiger charge is 2.26. The van der Waals surface area contributed by atoms with E-state index in [0.29, 0.717) is 0 Å². The largest absolute Gasteiger partial charge is 0.316 e. The second-order valence-corrected chi connectivity index (χ2v) is 6.47. The minimum Gasteiger partial charge on any atom is -0.316 e. The zero-order chi connectivity index (χ0) is 13.0. The predicted octanol–water partition coefficient (Wildman–Crippen LogP) is 4.00. The molecule has 0 bridgehead atoms. The highest BCUT2D eigenvalue weighted by atomic mass is 32.1. The van der Waals surface area contributed by atoms with Crippen LogP contribution < -0.4 is 5.32 Å². The van der Waals surface area contributed by atoms with E-state index in [1.165, 1.54) is 25.7 Å².